The van der Waals surface area contributed by atoms with Crippen molar-refractivity contribution in [2.24, 2.45) is 52.6 Å². The molecule has 410 valence electrons. The van der Waals surface area contributed by atoms with E-state index < -0.39 is 29.3 Å². The minimum absolute atomic E-state index is 0.0179. The van der Waals surface area contributed by atoms with Crippen LogP contribution in [0.1, 0.15) is 148 Å². The number of aliphatic hydroxyl groups excluding tert-OH is 1. The summed E-state index contributed by atoms with van der Waals surface area (Å²) in [5.74, 6) is -1.82. The van der Waals surface area contributed by atoms with Crippen LogP contribution in [0.3, 0.4) is 0 Å². The van der Waals surface area contributed by atoms with E-state index in [1.807, 2.05) is 6.07 Å². The number of benzene rings is 5. The lowest BCUT2D eigenvalue weighted by Crippen LogP contribution is -2.58. The number of rotatable bonds is 15. The van der Waals surface area contributed by atoms with Gasteiger partial charge in [-0.2, -0.15) is 0 Å². The quantitative estimate of drug-likeness (QED) is 0.0348. The summed E-state index contributed by atoms with van der Waals surface area (Å²) < 4.78 is 12.3. The van der Waals surface area contributed by atoms with Crippen molar-refractivity contribution in [2.45, 2.75) is 140 Å². The first-order valence-corrected chi connectivity index (χ1v) is 28.8. The fraction of sp³-hybridized carbons (Fsp3) is 0.470. The lowest BCUT2D eigenvalue weighted by molar-refractivity contribution is -0.136. The molecule has 7 aliphatic carbocycles. The molecule has 0 radical (unpaired) electrons. The number of carbonyl (C=O) groups is 1. The number of carbonyl (C=O) groups excluding carboxylic acids is 1. The van der Waals surface area contributed by atoms with Crippen LogP contribution >= 0.6 is 0 Å². The normalized spacial score (nSPS) is 28.3. The first-order valence-electron chi connectivity index (χ1n) is 28.8. The van der Waals surface area contributed by atoms with Crippen LogP contribution < -0.4 is 15.2 Å². The van der Waals surface area contributed by atoms with Gasteiger partial charge in [0.15, 0.2) is 23.0 Å². The number of phenolic OH excluding ortho intramolecular Hbond substituents is 6. The molecule has 1 heterocycles. The number of aromatic hydroxyl groups is 6. The van der Waals surface area contributed by atoms with Crippen molar-refractivity contribution in [3.05, 3.63) is 142 Å². The molecule has 0 aliphatic heterocycles. The average molecular weight is 1060 g/mol. The summed E-state index contributed by atoms with van der Waals surface area (Å²) in [6.07, 6.45) is 12.5. The number of ketones is 1. The van der Waals surface area contributed by atoms with Gasteiger partial charge < -0.3 is 50.2 Å². The molecular formula is C66H76N2O10. The summed E-state index contributed by atoms with van der Waals surface area (Å²) in [5.41, 5.74) is 14.2. The van der Waals surface area contributed by atoms with Crippen LogP contribution in [0.15, 0.2) is 103 Å². The number of Topliss-reactive ketones (excluding diaryl/α,β-unsaturated/α-hetero) is 1. The van der Waals surface area contributed by atoms with E-state index in [-0.39, 0.29) is 107 Å². The summed E-state index contributed by atoms with van der Waals surface area (Å²) in [5, 5.41) is 81.2. The Hall–Kier alpha value is -6.63. The molecule has 4 saturated carbocycles. The average Bonchev–Trinajstić information content (AvgIpc) is 3.38. The molecule has 11 unspecified atom stereocenters. The lowest BCUT2D eigenvalue weighted by Gasteiger charge is -2.63. The fourth-order valence-electron chi connectivity index (χ4n) is 17.4. The second kappa shape index (κ2) is 20.5. The molecule has 10 N–H and O–H groups in total. The Morgan fingerprint density at radius 3 is 2.38 bits per heavy atom. The zero-order valence-corrected chi connectivity index (χ0v) is 44.9. The van der Waals surface area contributed by atoms with Crippen molar-refractivity contribution in [2.75, 3.05) is 6.73 Å². The number of fused-ring (bicyclic) bond motifs is 8. The van der Waals surface area contributed by atoms with Crippen molar-refractivity contribution >= 4 is 5.78 Å². The third-order valence-electron chi connectivity index (χ3n) is 20.3. The van der Waals surface area contributed by atoms with Gasteiger partial charge in [0.2, 0.25) is 5.75 Å². The van der Waals surface area contributed by atoms with Crippen molar-refractivity contribution in [1.29, 1.82) is 0 Å². The van der Waals surface area contributed by atoms with Gasteiger partial charge in [-0.3, -0.25) is 10.5 Å². The molecule has 0 amide bonds. The van der Waals surface area contributed by atoms with E-state index in [9.17, 15) is 35.7 Å². The van der Waals surface area contributed by atoms with Crippen molar-refractivity contribution in [3.63, 3.8) is 0 Å². The highest BCUT2D eigenvalue weighted by Gasteiger charge is 2.67. The standard InChI is InChI=1S/C66H76N2O10/c1-36(2)12-15-40-32-65(21-5-6-22-65)34-66(50-11-4-3-10-45(50)61-46(60(40)66)20-23-68-61)51-29-42-28-47-41(26-39-16-17-44(70)30-54(39)73)27-48(52(71)18-13-37-14-19-53(72)56(25-37)78-35-67)62(75)59(47)58(51)49-31-55(74)63(76)64(57(42)49)77-33-38-8-7-9-43(69)24-38/h3-4,7-11,14,16-17,19-20,23-25,30-31,36,40-42,47-48,51,58-60,62,68-70,72-76H,5-6,12-13,15,18,21-22,26-29,32-35,67H2,1-2H3. The van der Waals surface area contributed by atoms with E-state index in [4.69, 9.17) is 15.2 Å². The number of phenols is 6. The zero-order chi connectivity index (χ0) is 54.2. The molecule has 4 fully saturated rings. The highest BCUT2D eigenvalue weighted by atomic mass is 16.5. The van der Waals surface area contributed by atoms with Crippen molar-refractivity contribution in [3.8, 4) is 57.3 Å². The van der Waals surface area contributed by atoms with E-state index >= 15 is 4.79 Å². The largest absolute Gasteiger partial charge is 0.508 e. The highest BCUT2D eigenvalue weighted by Crippen LogP contribution is 2.75. The van der Waals surface area contributed by atoms with Gasteiger partial charge in [-0.1, -0.05) is 81.6 Å². The topological polar surface area (TPSA) is 219 Å². The molecule has 7 aliphatic rings. The fourth-order valence-corrected chi connectivity index (χ4v) is 17.4. The van der Waals surface area contributed by atoms with Gasteiger partial charge in [-0.25, -0.2) is 0 Å². The van der Waals surface area contributed by atoms with Gasteiger partial charge in [-0.05, 0) is 199 Å². The van der Waals surface area contributed by atoms with Gasteiger partial charge in [0.05, 0.1) is 6.10 Å². The summed E-state index contributed by atoms with van der Waals surface area (Å²) >= 11 is 0. The van der Waals surface area contributed by atoms with E-state index in [2.05, 4.69) is 55.4 Å². The van der Waals surface area contributed by atoms with Crippen LogP contribution in [-0.4, -0.2) is 59.3 Å². The van der Waals surface area contributed by atoms with Crippen molar-refractivity contribution in [1.82, 2.24) is 4.98 Å². The molecule has 5 aromatic carbocycles. The zero-order valence-electron chi connectivity index (χ0n) is 44.9. The minimum atomic E-state index is -1.11. The van der Waals surface area contributed by atoms with Gasteiger partial charge in [0.25, 0.3) is 0 Å². The molecule has 1 aromatic heterocycles. The van der Waals surface area contributed by atoms with E-state index in [0.29, 0.717) is 55.1 Å². The number of nitrogens with one attached hydrogen (secondary N) is 1. The summed E-state index contributed by atoms with van der Waals surface area (Å²) in [6.45, 7) is 4.55. The predicted octanol–water partition coefficient (Wildman–Crippen LogP) is 12.5. The molecule has 1 spiro atoms. The molecule has 11 atom stereocenters. The van der Waals surface area contributed by atoms with Crippen LogP contribution in [0.25, 0.3) is 11.3 Å². The van der Waals surface area contributed by atoms with Crippen LogP contribution in [-0.2, 0) is 29.7 Å². The van der Waals surface area contributed by atoms with Crippen LogP contribution in [0.2, 0.25) is 0 Å². The van der Waals surface area contributed by atoms with E-state index in [1.54, 1.807) is 54.6 Å². The van der Waals surface area contributed by atoms with E-state index in [0.717, 1.165) is 55.2 Å². The Balaban J connectivity index is 1.07. The SMILES string of the molecule is CC(C)CCC1CC2(CCCC2)CC2(C3CC4CC5C(Cc6ccc(O)cc6O)CC(C(=O)CCc6ccc(O)c(OCN)c6)C(O)C5C3c3cc(O)c(O)c(OCc5cccc(O)c5)c34)c3ccccc3-c3[nH]ccc3C12. The maximum atomic E-state index is 15.3. The Labute approximate surface area is 457 Å². The number of hydrogen-bond donors (Lipinski definition) is 9. The number of H-pyrrole nitrogens is 1. The first kappa shape index (κ1) is 52.1. The van der Waals surface area contributed by atoms with Gasteiger partial charge >= 0.3 is 0 Å². The number of hydrogen-bond acceptors (Lipinski definition) is 11. The molecule has 6 aromatic rings. The maximum absolute atomic E-state index is 15.3. The number of aliphatic hydroxyl groups is 1. The van der Waals surface area contributed by atoms with E-state index in [1.165, 1.54) is 41.3 Å². The second-order valence-electron chi connectivity index (χ2n) is 25.0. The molecule has 2 bridgehead atoms. The lowest BCUT2D eigenvalue weighted by atomic mass is 9.40. The smallest absolute Gasteiger partial charge is 0.200 e. The number of ether oxygens (including phenoxy) is 2. The Morgan fingerprint density at radius 1 is 0.795 bits per heavy atom. The number of nitrogens with two attached hydrogens (primary N) is 1. The maximum Gasteiger partial charge on any atom is 0.200 e. The third kappa shape index (κ3) is 8.95. The number of aryl methyl sites for hydroxylation is 1. The summed E-state index contributed by atoms with van der Waals surface area (Å²) in [6, 6.07) is 29.7. The molecule has 13 rings (SSSR count). The van der Waals surface area contributed by atoms with Crippen LogP contribution in [0.5, 0.6) is 46.0 Å². The second-order valence-corrected chi connectivity index (χ2v) is 25.0. The van der Waals surface area contributed by atoms with Crippen LogP contribution in [0, 0.1) is 46.8 Å². The third-order valence-corrected chi connectivity index (χ3v) is 20.3. The minimum Gasteiger partial charge on any atom is -0.508 e. The molecule has 12 nitrogen and oxygen atoms in total. The Bertz CT molecular complexity index is 3210. The molecule has 0 saturated heterocycles. The highest BCUT2D eigenvalue weighted by molar-refractivity contribution is 5.82. The number of aromatic nitrogens is 1. The van der Waals surface area contributed by atoms with Gasteiger partial charge in [0.1, 0.15) is 36.4 Å². The Morgan fingerprint density at radius 2 is 1.60 bits per heavy atom. The van der Waals surface area contributed by atoms with Crippen molar-refractivity contribution < 1.29 is 50.0 Å². The molecule has 12 heteroatoms. The monoisotopic (exact) mass is 1060 g/mol. The summed E-state index contributed by atoms with van der Waals surface area (Å²) in [4.78, 5) is 19.1. The first-order chi connectivity index (χ1) is 37.7. The number of aromatic amines is 1. The summed E-state index contributed by atoms with van der Waals surface area (Å²) in [7, 11) is 0. The molecule has 78 heavy (non-hydrogen) atoms. The predicted molar refractivity (Wildman–Crippen MR) is 298 cm³/mol. The van der Waals surface area contributed by atoms with Gasteiger partial charge in [0, 0.05) is 46.8 Å². The van der Waals surface area contributed by atoms with Crippen LogP contribution in [0.4, 0.5) is 0 Å². The molecular weight excluding hydrogens is 981 g/mol. The van der Waals surface area contributed by atoms with Gasteiger partial charge in [-0.15, -0.1) is 0 Å². The Kier molecular flexibility index (Phi) is 13.7.